The van der Waals surface area contributed by atoms with Gasteiger partial charge in [0.25, 0.3) is 5.91 Å². The topological polar surface area (TPSA) is 108 Å². The van der Waals surface area contributed by atoms with E-state index in [1.54, 1.807) is 42.5 Å². The summed E-state index contributed by atoms with van der Waals surface area (Å²) in [5, 5.41) is 21.7. The van der Waals surface area contributed by atoms with E-state index in [2.05, 4.69) is 10.3 Å². The van der Waals surface area contributed by atoms with E-state index < -0.39 is 12.6 Å². The van der Waals surface area contributed by atoms with Gasteiger partial charge in [-0.05, 0) is 48.5 Å². The number of amidine groups is 1. The van der Waals surface area contributed by atoms with Crippen molar-refractivity contribution in [3.05, 3.63) is 58.5 Å². The minimum Gasteiger partial charge on any atom is -0.506 e. The van der Waals surface area contributed by atoms with Gasteiger partial charge in [-0.1, -0.05) is 24.3 Å². The summed E-state index contributed by atoms with van der Waals surface area (Å²) < 4.78 is 5.25. The van der Waals surface area contributed by atoms with Crippen molar-refractivity contribution < 1.29 is 24.5 Å². The van der Waals surface area contributed by atoms with E-state index in [4.69, 9.17) is 9.84 Å². The van der Waals surface area contributed by atoms with Gasteiger partial charge in [0.1, 0.15) is 17.2 Å². The van der Waals surface area contributed by atoms with Crippen LogP contribution in [0.2, 0.25) is 0 Å². The zero-order chi connectivity index (χ0) is 19.4. The third kappa shape index (κ3) is 4.68. The molecule has 2 aromatic carbocycles. The molecule has 1 heterocycles. The van der Waals surface area contributed by atoms with Crippen molar-refractivity contribution in [2.75, 3.05) is 6.61 Å². The van der Waals surface area contributed by atoms with Gasteiger partial charge < -0.3 is 20.3 Å². The Morgan fingerprint density at radius 1 is 1.30 bits per heavy atom. The standard InChI is InChI=1S/C19H16N2O5S/c1-11-6-7-13(14(22)8-11)20-19-21-18(25)16(27-19)9-12-4-2-3-5-15(12)26-10-17(23)24/h2-9,22H,10H2,1H3,(H,23,24)(H,20,21,25)/b16-9-. The largest absolute Gasteiger partial charge is 0.506 e. The number of phenolic OH excluding ortho intramolecular Hbond substituents is 1. The lowest BCUT2D eigenvalue weighted by atomic mass is 10.2. The van der Waals surface area contributed by atoms with Crippen molar-refractivity contribution in [2.45, 2.75) is 6.92 Å². The molecule has 3 rings (SSSR count). The predicted molar refractivity (Wildman–Crippen MR) is 103 cm³/mol. The van der Waals surface area contributed by atoms with Gasteiger partial charge in [-0.15, -0.1) is 0 Å². The monoisotopic (exact) mass is 384 g/mol. The fraction of sp³-hybridized carbons (Fsp3) is 0.105. The summed E-state index contributed by atoms with van der Waals surface area (Å²) in [4.78, 5) is 27.6. The molecule has 0 radical (unpaired) electrons. The summed E-state index contributed by atoms with van der Waals surface area (Å²) in [5.41, 5.74) is 1.84. The Balaban J connectivity index is 1.84. The number of hydrogen-bond donors (Lipinski definition) is 3. The van der Waals surface area contributed by atoms with Crippen LogP contribution in [-0.2, 0) is 9.59 Å². The number of benzene rings is 2. The lowest BCUT2D eigenvalue weighted by Gasteiger charge is -2.06. The number of rotatable bonds is 5. The molecule has 0 saturated carbocycles. The predicted octanol–water partition coefficient (Wildman–Crippen LogP) is 3.06. The van der Waals surface area contributed by atoms with Crippen LogP contribution in [0.5, 0.6) is 11.5 Å². The quantitative estimate of drug-likeness (QED) is 0.684. The first-order valence-electron chi connectivity index (χ1n) is 7.95. The molecule has 0 spiro atoms. The van der Waals surface area contributed by atoms with E-state index in [9.17, 15) is 14.7 Å². The number of ether oxygens (including phenoxy) is 1. The van der Waals surface area contributed by atoms with Crippen LogP contribution in [0, 0.1) is 6.92 Å². The van der Waals surface area contributed by atoms with Crippen molar-refractivity contribution in [3.63, 3.8) is 0 Å². The summed E-state index contributed by atoms with van der Waals surface area (Å²) in [6, 6.07) is 11.9. The second-order valence-electron chi connectivity index (χ2n) is 5.69. The second kappa shape index (κ2) is 7.96. The molecule has 1 amide bonds. The number of aliphatic carboxylic acids is 1. The first-order chi connectivity index (χ1) is 12.9. The number of amides is 1. The third-order valence-electron chi connectivity index (χ3n) is 3.56. The summed E-state index contributed by atoms with van der Waals surface area (Å²) in [7, 11) is 0. The first-order valence-corrected chi connectivity index (χ1v) is 8.77. The van der Waals surface area contributed by atoms with E-state index in [1.165, 1.54) is 0 Å². The van der Waals surface area contributed by atoms with Crippen LogP contribution in [0.1, 0.15) is 11.1 Å². The van der Waals surface area contributed by atoms with E-state index in [0.717, 1.165) is 17.3 Å². The molecule has 1 aliphatic rings. The average Bonchev–Trinajstić information content (AvgIpc) is 2.96. The minimum atomic E-state index is -1.09. The van der Waals surface area contributed by atoms with Crippen LogP contribution in [0.4, 0.5) is 5.69 Å². The summed E-state index contributed by atoms with van der Waals surface area (Å²) in [6.45, 7) is 1.38. The number of aryl methyl sites for hydroxylation is 1. The number of carbonyl (C=O) groups is 2. The van der Waals surface area contributed by atoms with E-state index in [0.29, 0.717) is 27.1 Å². The van der Waals surface area contributed by atoms with E-state index in [-0.39, 0.29) is 11.7 Å². The molecule has 0 bridgehead atoms. The number of phenols is 1. The van der Waals surface area contributed by atoms with Crippen LogP contribution in [0.25, 0.3) is 6.08 Å². The number of carboxylic acid groups (broad SMARTS) is 1. The van der Waals surface area contributed by atoms with E-state index in [1.807, 2.05) is 13.0 Å². The van der Waals surface area contributed by atoms with Gasteiger partial charge in [0, 0.05) is 5.56 Å². The summed E-state index contributed by atoms with van der Waals surface area (Å²) >= 11 is 1.12. The van der Waals surface area contributed by atoms with Gasteiger partial charge in [0.2, 0.25) is 0 Å². The normalized spacial score (nSPS) is 16.6. The Morgan fingerprint density at radius 3 is 2.81 bits per heavy atom. The van der Waals surface area contributed by atoms with Crippen LogP contribution in [0.15, 0.2) is 52.4 Å². The van der Waals surface area contributed by atoms with E-state index >= 15 is 0 Å². The highest BCUT2D eigenvalue weighted by atomic mass is 32.2. The number of hydrogen-bond acceptors (Lipinski definition) is 6. The van der Waals surface area contributed by atoms with Crippen LogP contribution in [0.3, 0.4) is 0 Å². The summed E-state index contributed by atoms with van der Waals surface area (Å²) in [6.07, 6.45) is 1.61. The van der Waals surface area contributed by atoms with Crippen molar-refractivity contribution in [3.8, 4) is 11.5 Å². The van der Waals surface area contributed by atoms with Crippen LogP contribution >= 0.6 is 11.8 Å². The van der Waals surface area contributed by atoms with Gasteiger partial charge in [-0.25, -0.2) is 9.79 Å². The highest BCUT2D eigenvalue weighted by Gasteiger charge is 2.24. The molecule has 0 aliphatic carbocycles. The molecule has 0 aromatic heterocycles. The lowest BCUT2D eigenvalue weighted by Crippen LogP contribution is -2.19. The van der Waals surface area contributed by atoms with Gasteiger partial charge in [0.15, 0.2) is 11.8 Å². The molecular formula is C19H16N2O5S. The second-order valence-corrected chi connectivity index (χ2v) is 6.72. The summed E-state index contributed by atoms with van der Waals surface area (Å²) in [5.74, 6) is -1.03. The highest BCUT2D eigenvalue weighted by molar-refractivity contribution is 8.18. The first kappa shape index (κ1) is 18.5. The number of carboxylic acids is 1. The van der Waals surface area contributed by atoms with Crippen molar-refractivity contribution in [1.82, 2.24) is 5.32 Å². The molecule has 27 heavy (non-hydrogen) atoms. The lowest BCUT2D eigenvalue weighted by molar-refractivity contribution is -0.139. The number of nitrogens with one attached hydrogen (secondary N) is 1. The van der Waals surface area contributed by atoms with Crippen LogP contribution in [-0.4, -0.2) is 33.9 Å². The molecule has 1 saturated heterocycles. The number of nitrogens with zero attached hydrogens (tertiary/aromatic N) is 1. The van der Waals surface area contributed by atoms with Gasteiger partial charge in [0.05, 0.1) is 4.91 Å². The maximum absolute atomic E-state index is 12.2. The molecule has 3 N–H and O–H groups in total. The molecule has 1 aliphatic heterocycles. The van der Waals surface area contributed by atoms with Gasteiger partial charge in [-0.2, -0.15) is 0 Å². The fourth-order valence-corrected chi connectivity index (χ4v) is 3.16. The zero-order valence-electron chi connectivity index (χ0n) is 14.3. The molecule has 0 atom stereocenters. The van der Waals surface area contributed by atoms with Crippen molar-refractivity contribution >= 4 is 40.6 Å². The Morgan fingerprint density at radius 2 is 2.07 bits per heavy atom. The molecule has 2 aromatic rings. The average molecular weight is 384 g/mol. The number of thioether (sulfide) groups is 1. The Kier molecular flexibility index (Phi) is 5.46. The maximum Gasteiger partial charge on any atom is 0.341 e. The minimum absolute atomic E-state index is 0.0298. The molecule has 8 heteroatoms. The molecule has 138 valence electrons. The molecular weight excluding hydrogens is 368 g/mol. The number of para-hydroxylation sites is 1. The Hall–Kier alpha value is -3.26. The number of aromatic hydroxyl groups is 1. The van der Waals surface area contributed by atoms with Crippen molar-refractivity contribution in [2.24, 2.45) is 4.99 Å². The Bertz CT molecular complexity index is 968. The zero-order valence-corrected chi connectivity index (χ0v) is 15.1. The molecule has 0 unspecified atom stereocenters. The molecule has 7 nitrogen and oxygen atoms in total. The Labute approximate surface area is 159 Å². The molecule has 1 fully saturated rings. The van der Waals surface area contributed by atoms with Crippen LogP contribution < -0.4 is 10.1 Å². The fourth-order valence-electron chi connectivity index (χ4n) is 2.33. The third-order valence-corrected chi connectivity index (χ3v) is 4.47. The van der Waals surface area contributed by atoms with Crippen molar-refractivity contribution in [1.29, 1.82) is 0 Å². The van der Waals surface area contributed by atoms with Gasteiger partial charge >= 0.3 is 5.97 Å². The van der Waals surface area contributed by atoms with Gasteiger partial charge in [-0.3, -0.25) is 4.79 Å². The smallest absolute Gasteiger partial charge is 0.341 e. The SMILES string of the molecule is Cc1ccc(N=C2NC(=O)/C(=C/c3ccccc3OCC(=O)O)S2)c(O)c1. The maximum atomic E-state index is 12.2. The highest BCUT2D eigenvalue weighted by Crippen LogP contribution is 2.33. The number of aliphatic imine (C=N–C) groups is 1. The number of carbonyl (C=O) groups excluding carboxylic acids is 1.